The molecule has 2 aromatic heterocycles. The molecule has 0 aromatic carbocycles. The van der Waals surface area contributed by atoms with Crippen LogP contribution in [0.1, 0.15) is 11.4 Å². The van der Waals surface area contributed by atoms with Crippen LogP contribution in [0.3, 0.4) is 0 Å². The summed E-state index contributed by atoms with van der Waals surface area (Å²) in [6.45, 7) is 0.305. The molecule has 0 amide bonds. The quantitative estimate of drug-likeness (QED) is 0.770. The van der Waals surface area contributed by atoms with Gasteiger partial charge in [-0.3, -0.25) is 0 Å². The Balaban J connectivity index is 2.35. The predicted molar refractivity (Wildman–Crippen MR) is 54.1 cm³/mol. The second-order valence-electron chi connectivity index (χ2n) is 3.29. The lowest BCUT2D eigenvalue weighted by atomic mass is 10.3. The van der Waals surface area contributed by atoms with Crippen molar-refractivity contribution in [2.45, 2.75) is 6.61 Å². The summed E-state index contributed by atoms with van der Waals surface area (Å²) in [6, 6.07) is 3.75. The van der Waals surface area contributed by atoms with Gasteiger partial charge in [-0.1, -0.05) is 5.16 Å². The Hall–Kier alpha value is -2.13. The van der Waals surface area contributed by atoms with Gasteiger partial charge in [-0.25, -0.2) is 0 Å². The van der Waals surface area contributed by atoms with Crippen molar-refractivity contribution in [1.82, 2.24) is 14.7 Å². The largest absolute Gasteiger partial charge is 0.377 e. The smallest absolute Gasteiger partial charge is 0.274 e. The lowest BCUT2D eigenvalue weighted by Gasteiger charge is -1.94. The van der Waals surface area contributed by atoms with E-state index in [1.807, 2.05) is 7.05 Å². The first-order chi connectivity index (χ1) is 7.74. The van der Waals surface area contributed by atoms with E-state index in [-0.39, 0.29) is 0 Å². The van der Waals surface area contributed by atoms with Crippen LogP contribution in [0.5, 0.6) is 0 Å². The van der Waals surface area contributed by atoms with Gasteiger partial charge in [0.15, 0.2) is 5.82 Å². The predicted octanol–water partition coefficient (Wildman–Crippen LogP) is 1.09. The lowest BCUT2D eigenvalue weighted by Crippen LogP contribution is -1.91. The molecular formula is C10H10N4O2. The summed E-state index contributed by atoms with van der Waals surface area (Å²) >= 11 is 0. The summed E-state index contributed by atoms with van der Waals surface area (Å²) in [6.07, 6.45) is 1.70. The Morgan fingerprint density at radius 2 is 2.44 bits per heavy atom. The van der Waals surface area contributed by atoms with E-state index in [0.29, 0.717) is 29.6 Å². The molecule has 2 heterocycles. The average molecular weight is 218 g/mol. The number of rotatable bonds is 3. The normalized spacial score (nSPS) is 10.3. The van der Waals surface area contributed by atoms with Crippen molar-refractivity contribution >= 4 is 0 Å². The van der Waals surface area contributed by atoms with E-state index in [9.17, 15) is 0 Å². The molecular weight excluding hydrogens is 208 g/mol. The van der Waals surface area contributed by atoms with Crippen LogP contribution >= 0.6 is 0 Å². The third kappa shape index (κ3) is 1.81. The number of aryl methyl sites for hydroxylation is 1. The van der Waals surface area contributed by atoms with Gasteiger partial charge in [0.05, 0.1) is 5.56 Å². The molecule has 0 unspecified atom stereocenters. The Morgan fingerprint density at radius 1 is 1.62 bits per heavy atom. The third-order valence-corrected chi connectivity index (χ3v) is 2.09. The van der Waals surface area contributed by atoms with E-state index < -0.39 is 0 Å². The van der Waals surface area contributed by atoms with E-state index >= 15 is 0 Å². The summed E-state index contributed by atoms with van der Waals surface area (Å²) in [4.78, 5) is 4.15. The van der Waals surface area contributed by atoms with Crippen LogP contribution in [0.4, 0.5) is 0 Å². The maximum atomic E-state index is 8.76. The highest BCUT2D eigenvalue weighted by Gasteiger charge is 2.13. The maximum Gasteiger partial charge on any atom is 0.274 e. The molecule has 16 heavy (non-hydrogen) atoms. The highest BCUT2D eigenvalue weighted by molar-refractivity contribution is 5.52. The average Bonchev–Trinajstić information content (AvgIpc) is 2.85. The molecule has 0 bridgehead atoms. The van der Waals surface area contributed by atoms with E-state index in [4.69, 9.17) is 14.5 Å². The van der Waals surface area contributed by atoms with Crippen molar-refractivity contribution < 1.29 is 9.26 Å². The van der Waals surface area contributed by atoms with Gasteiger partial charge in [0, 0.05) is 20.4 Å². The van der Waals surface area contributed by atoms with Gasteiger partial charge in [0.2, 0.25) is 0 Å². The molecule has 0 spiro atoms. The van der Waals surface area contributed by atoms with Crippen molar-refractivity contribution in [2.24, 2.45) is 7.05 Å². The minimum atomic E-state index is 0.305. The Bertz CT molecular complexity index is 535. The molecule has 0 saturated carbocycles. The van der Waals surface area contributed by atoms with Crippen LogP contribution < -0.4 is 0 Å². The van der Waals surface area contributed by atoms with E-state index in [0.717, 1.165) is 0 Å². The van der Waals surface area contributed by atoms with Crippen LogP contribution in [0.15, 0.2) is 16.8 Å². The second-order valence-corrected chi connectivity index (χ2v) is 3.29. The van der Waals surface area contributed by atoms with Gasteiger partial charge < -0.3 is 13.8 Å². The van der Waals surface area contributed by atoms with E-state index in [1.165, 1.54) is 0 Å². The van der Waals surface area contributed by atoms with E-state index in [1.54, 1.807) is 23.9 Å². The number of nitriles is 1. The third-order valence-electron chi connectivity index (χ3n) is 2.09. The second kappa shape index (κ2) is 4.16. The first-order valence-corrected chi connectivity index (χ1v) is 4.63. The first kappa shape index (κ1) is 10.4. The van der Waals surface area contributed by atoms with Crippen molar-refractivity contribution in [2.75, 3.05) is 7.11 Å². The van der Waals surface area contributed by atoms with Gasteiger partial charge in [-0.15, -0.1) is 0 Å². The van der Waals surface area contributed by atoms with E-state index in [2.05, 4.69) is 16.2 Å². The van der Waals surface area contributed by atoms with Crippen molar-refractivity contribution in [3.63, 3.8) is 0 Å². The van der Waals surface area contributed by atoms with Crippen molar-refractivity contribution in [3.05, 3.63) is 23.7 Å². The number of ether oxygens (including phenoxy) is 1. The van der Waals surface area contributed by atoms with Gasteiger partial charge in [-0.2, -0.15) is 10.2 Å². The van der Waals surface area contributed by atoms with Crippen molar-refractivity contribution in [3.8, 4) is 17.7 Å². The zero-order valence-corrected chi connectivity index (χ0v) is 8.97. The van der Waals surface area contributed by atoms with Gasteiger partial charge in [0.1, 0.15) is 18.4 Å². The number of hydrogen-bond acceptors (Lipinski definition) is 5. The number of methoxy groups -OCH3 is 1. The molecule has 0 saturated heterocycles. The fourth-order valence-corrected chi connectivity index (χ4v) is 1.38. The van der Waals surface area contributed by atoms with Crippen LogP contribution in [0.2, 0.25) is 0 Å². The molecule has 6 nitrogen and oxygen atoms in total. The number of aromatic nitrogens is 3. The fraction of sp³-hybridized carbons (Fsp3) is 0.300. The van der Waals surface area contributed by atoms with Crippen LogP contribution in [0.25, 0.3) is 11.6 Å². The summed E-state index contributed by atoms with van der Waals surface area (Å²) in [5, 5.41) is 12.5. The highest BCUT2D eigenvalue weighted by Crippen LogP contribution is 2.19. The lowest BCUT2D eigenvalue weighted by molar-refractivity contribution is 0.174. The standard InChI is InChI=1S/C10H10N4O2/c1-14-5-7(4-11)3-8(14)10-12-9(6-15-2)13-16-10/h3,5H,6H2,1-2H3. The zero-order valence-electron chi connectivity index (χ0n) is 8.97. The Morgan fingerprint density at radius 3 is 3.06 bits per heavy atom. The number of nitrogens with zero attached hydrogens (tertiary/aromatic N) is 4. The molecule has 0 aliphatic rings. The minimum absolute atomic E-state index is 0.305. The zero-order chi connectivity index (χ0) is 11.5. The molecule has 0 fully saturated rings. The van der Waals surface area contributed by atoms with Crippen LogP contribution in [-0.4, -0.2) is 21.8 Å². The SMILES string of the molecule is COCc1noc(-c2cc(C#N)cn2C)n1. The first-order valence-electron chi connectivity index (χ1n) is 4.63. The highest BCUT2D eigenvalue weighted by atomic mass is 16.5. The molecule has 2 aromatic rings. The summed E-state index contributed by atoms with van der Waals surface area (Å²) in [5.41, 5.74) is 1.27. The molecule has 0 atom stereocenters. The summed E-state index contributed by atoms with van der Waals surface area (Å²) < 4.78 is 11.7. The molecule has 82 valence electrons. The summed E-state index contributed by atoms with van der Waals surface area (Å²) in [7, 11) is 3.38. The number of hydrogen-bond donors (Lipinski definition) is 0. The molecule has 0 radical (unpaired) electrons. The Kier molecular flexibility index (Phi) is 2.70. The Labute approximate surface area is 92.1 Å². The molecule has 0 aliphatic carbocycles. The van der Waals surface area contributed by atoms with Gasteiger partial charge >= 0.3 is 0 Å². The summed E-state index contributed by atoms with van der Waals surface area (Å²) in [5.74, 6) is 0.869. The monoisotopic (exact) mass is 218 g/mol. The maximum absolute atomic E-state index is 8.76. The molecule has 0 aliphatic heterocycles. The molecule has 0 N–H and O–H groups in total. The van der Waals surface area contributed by atoms with Gasteiger partial charge in [0.25, 0.3) is 5.89 Å². The van der Waals surface area contributed by atoms with Crippen LogP contribution in [-0.2, 0) is 18.4 Å². The molecule has 6 heteroatoms. The van der Waals surface area contributed by atoms with Crippen molar-refractivity contribution in [1.29, 1.82) is 5.26 Å². The van der Waals surface area contributed by atoms with Gasteiger partial charge in [-0.05, 0) is 6.07 Å². The topological polar surface area (TPSA) is 76.9 Å². The van der Waals surface area contributed by atoms with Crippen LogP contribution in [0, 0.1) is 11.3 Å². The minimum Gasteiger partial charge on any atom is -0.377 e. The fourth-order valence-electron chi connectivity index (χ4n) is 1.38. The molecule has 2 rings (SSSR count).